The van der Waals surface area contributed by atoms with Gasteiger partial charge in [0.1, 0.15) is 11.5 Å². The van der Waals surface area contributed by atoms with Crippen LogP contribution in [0.25, 0.3) is 22.8 Å². The van der Waals surface area contributed by atoms with Crippen molar-refractivity contribution in [2.24, 2.45) is 0 Å². The number of rotatable bonds is 7. The van der Waals surface area contributed by atoms with Gasteiger partial charge in [0.05, 0.1) is 0 Å². The van der Waals surface area contributed by atoms with Gasteiger partial charge in [0.25, 0.3) is 12.1 Å². The van der Waals surface area contributed by atoms with Crippen molar-refractivity contribution >= 4 is 5.97 Å². The van der Waals surface area contributed by atoms with E-state index < -0.39 is 12.3 Å². The largest absolute Gasteiger partial charge is 0.457 e. The summed E-state index contributed by atoms with van der Waals surface area (Å²) in [6.45, 7) is 0. The van der Waals surface area contributed by atoms with E-state index in [9.17, 15) is 9.90 Å². The normalized spacial score (nSPS) is 11.7. The summed E-state index contributed by atoms with van der Waals surface area (Å²) >= 11 is 0. The first-order chi connectivity index (χ1) is 16.7. The number of carbonyl (C=O) groups excluding carboxylic acids is 1. The average molecular weight is 454 g/mol. The standard InChI is InChI=1S/C24H18N6O4/c31-23(33-17-10-3-1-4-11-17)21-25-19(27-29-21)15-8-7-9-16(14-15)20-26-22(30-28-20)24(32)34-18-12-5-2-6-13-18/h1-14,23,31H,(H,25,27,29)(H,26,28,30). The van der Waals surface area contributed by atoms with E-state index in [1.807, 2.05) is 18.2 Å². The van der Waals surface area contributed by atoms with E-state index in [0.29, 0.717) is 34.3 Å². The Morgan fingerprint density at radius 1 is 0.765 bits per heavy atom. The number of H-pyrrole nitrogens is 2. The molecule has 34 heavy (non-hydrogen) atoms. The van der Waals surface area contributed by atoms with Gasteiger partial charge in [-0.15, -0.1) is 5.10 Å². The lowest BCUT2D eigenvalue weighted by molar-refractivity contribution is -0.0262. The zero-order valence-electron chi connectivity index (χ0n) is 17.6. The van der Waals surface area contributed by atoms with Crippen molar-refractivity contribution in [2.45, 2.75) is 6.29 Å². The maximum Gasteiger partial charge on any atom is 0.383 e. The van der Waals surface area contributed by atoms with Gasteiger partial charge in [-0.3, -0.25) is 10.2 Å². The first kappa shape index (κ1) is 21.0. The third-order valence-corrected chi connectivity index (χ3v) is 4.75. The van der Waals surface area contributed by atoms with Crippen LogP contribution in [0.1, 0.15) is 22.7 Å². The SMILES string of the molecule is O=C(Oc1ccccc1)c1n[nH]c(-c2cccc(-c3nc(C(O)Oc4ccccc4)n[nH]3)c2)n1. The van der Waals surface area contributed by atoms with Crippen LogP contribution in [0.3, 0.4) is 0 Å². The second-order valence-corrected chi connectivity index (χ2v) is 7.12. The highest BCUT2D eigenvalue weighted by Gasteiger charge is 2.18. The first-order valence-electron chi connectivity index (χ1n) is 10.3. The van der Waals surface area contributed by atoms with E-state index in [1.165, 1.54) is 0 Å². The van der Waals surface area contributed by atoms with E-state index >= 15 is 0 Å². The second-order valence-electron chi connectivity index (χ2n) is 7.12. The summed E-state index contributed by atoms with van der Waals surface area (Å²) < 4.78 is 10.7. The Hall–Kier alpha value is -4.83. The van der Waals surface area contributed by atoms with Crippen LogP contribution in [-0.2, 0) is 0 Å². The molecule has 0 radical (unpaired) electrons. The number of aliphatic hydroxyl groups excluding tert-OH is 1. The summed E-state index contributed by atoms with van der Waals surface area (Å²) in [5.74, 6) is 1.04. The fourth-order valence-electron chi connectivity index (χ4n) is 3.13. The molecule has 0 spiro atoms. The highest BCUT2D eigenvalue weighted by atomic mass is 16.6. The maximum absolute atomic E-state index is 12.3. The van der Waals surface area contributed by atoms with Crippen molar-refractivity contribution in [1.29, 1.82) is 0 Å². The molecular weight excluding hydrogens is 436 g/mol. The molecule has 10 nitrogen and oxygen atoms in total. The Morgan fingerprint density at radius 3 is 2.09 bits per heavy atom. The Kier molecular flexibility index (Phi) is 5.78. The number of esters is 1. The molecule has 0 bridgehead atoms. The third-order valence-electron chi connectivity index (χ3n) is 4.75. The number of ether oxygens (including phenoxy) is 2. The van der Waals surface area contributed by atoms with Crippen LogP contribution in [0.2, 0.25) is 0 Å². The number of hydrogen-bond donors (Lipinski definition) is 3. The number of aromatic amines is 2. The number of aliphatic hydroxyl groups is 1. The van der Waals surface area contributed by atoms with E-state index in [0.717, 1.165) is 0 Å². The Balaban J connectivity index is 1.31. The molecule has 3 aromatic carbocycles. The van der Waals surface area contributed by atoms with Gasteiger partial charge in [-0.25, -0.2) is 14.8 Å². The minimum absolute atomic E-state index is 0.0904. The van der Waals surface area contributed by atoms with E-state index in [4.69, 9.17) is 9.47 Å². The predicted molar refractivity (Wildman–Crippen MR) is 121 cm³/mol. The van der Waals surface area contributed by atoms with Gasteiger partial charge in [0.2, 0.25) is 5.82 Å². The highest BCUT2D eigenvalue weighted by molar-refractivity contribution is 5.87. The molecule has 2 aromatic heterocycles. The third kappa shape index (κ3) is 4.66. The van der Waals surface area contributed by atoms with Gasteiger partial charge < -0.3 is 14.6 Å². The van der Waals surface area contributed by atoms with Gasteiger partial charge in [0.15, 0.2) is 11.6 Å². The summed E-state index contributed by atoms with van der Waals surface area (Å²) in [6, 6.07) is 24.8. The quantitative estimate of drug-likeness (QED) is 0.193. The van der Waals surface area contributed by atoms with Crippen LogP contribution < -0.4 is 9.47 Å². The van der Waals surface area contributed by atoms with Gasteiger partial charge in [0, 0.05) is 11.1 Å². The Labute approximate surface area is 193 Å². The number of hydrogen-bond acceptors (Lipinski definition) is 8. The van der Waals surface area contributed by atoms with Crippen molar-refractivity contribution < 1.29 is 19.4 Å². The van der Waals surface area contributed by atoms with Crippen molar-refractivity contribution in [3.63, 3.8) is 0 Å². The number of nitrogens with one attached hydrogen (secondary N) is 2. The predicted octanol–water partition coefficient (Wildman–Crippen LogP) is 3.55. The summed E-state index contributed by atoms with van der Waals surface area (Å²) in [7, 11) is 0. The molecule has 1 unspecified atom stereocenters. The zero-order valence-corrected chi connectivity index (χ0v) is 17.6. The lowest BCUT2D eigenvalue weighted by atomic mass is 10.1. The minimum atomic E-state index is -1.33. The van der Waals surface area contributed by atoms with Crippen LogP contribution in [-0.4, -0.2) is 41.4 Å². The van der Waals surface area contributed by atoms with Gasteiger partial charge in [-0.05, 0) is 30.3 Å². The molecule has 1 atom stereocenters. The van der Waals surface area contributed by atoms with Crippen molar-refractivity contribution in [2.75, 3.05) is 0 Å². The molecule has 2 heterocycles. The molecule has 0 aliphatic rings. The van der Waals surface area contributed by atoms with Crippen LogP contribution >= 0.6 is 0 Å². The number of benzene rings is 3. The van der Waals surface area contributed by atoms with Gasteiger partial charge >= 0.3 is 5.97 Å². The molecule has 0 saturated carbocycles. The second kappa shape index (κ2) is 9.35. The maximum atomic E-state index is 12.3. The molecule has 0 saturated heterocycles. The molecule has 0 aliphatic heterocycles. The molecule has 3 N–H and O–H groups in total. The zero-order chi connectivity index (χ0) is 23.3. The van der Waals surface area contributed by atoms with Crippen LogP contribution in [0.15, 0.2) is 84.9 Å². The van der Waals surface area contributed by atoms with Crippen LogP contribution in [0, 0.1) is 0 Å². The van der Waals surface area contributed by atoms with Crippen LogP contribution in [0.5, 0.6) is 11.5 Å². The fourth-order valence-corrected chi connectivity index (χ4v) is 3.13. The van der Waals surface area contributed by atoms with Crippen molar-refractivity contribution in [1.82, 2.24) is 30.4 Å². The molecule has 0 aliphatic carbocycles. The molecule has 0 fully saturated rings. The smallest absolute Gasteiger partial charge is 0.383 e. The lowest BCUT2D eigenvalue weighted by Crippen LogP contribution is -2.10. The van der Waals surface area contributed by atoms with Crippen molar-refractivity contribution in [3.8, 4) is 34.3 Å². The number of aromatic nitrogens is 6. The summed E-state index contributed by atoms with van der Waals surface area (Å²) in [5, 5.41) is 23.9. The summed E-state index contributed by atoms with van der Waals surface area (Å²) in [5.41, 5.74) is 1.36. The Morgan fingerprint density at radius 2 is 1.38 bits per heavy atom. The molecule has 0 amide bonds. The molecule has 5 rings (SSSR count). The molecule has 10 heteroatoms. The number of para-hydroxylation sites is 2. The summed E-state index contributed by atoms with van der Waals surface area (Å²) in [4.78, 5) is 20.9. The van der Waals surface area contributed by atoms with E-state index in [1.54, 1.807) is 66.7 Å². The molecular formula is C24H18N6O4. The lowest BCUT2D eigenvalue weighted by Gasteiger charge is -2.09. The first-order valence-corrected chi connectivity index (χ1v) is 10.3. The van der Waals surface area contributed by atoms with E-state index in [-0.39, 0.29) is 11.6 Å². The minimum Gasteiger partial charge on any atom is -0.457 e. The summed E-state index contributed by atoms with van der Waals surface area (Å²) in [6.07, 6.45) is -1.33. The Bertz CT molecular complexity index is 1400. The fraction of sp³-hybridized carbons (Fsp3) is 0.0417. The highest BCUT2D eigenvalue weighted by Crippen LogP contribution is 2.24. The topological polar surface area (TPSA) is 139 Å². The molecule has 5 aromatic rings. The van der Waals surface area contributed by atoms with Gasteiger partial charge in [-0.2, -0.15) is 5.10 Å². The van der Waals surface area contributed by atoms with Crippen LogP contribution in [0.4, 0.5) is 0 Å². The average Bonchev–Trinajstić information content (AvgIpc) is 3.56. The van der Waals surface area contributed by atoms with E-state index in [2.05, 4.69) is 30.4 Å². The molecule has 168 valence electrons. The monoisotopic (exact) mass is 454 g/mol. The number of carbonyl (C=O) groups is 1. The van der Waals surface area contributed by atoms with Crippen molar-refractivity contribution in [3.05, 3.63) is 96.6 Å². The van der Waals surface area contributed by atoms with Gasteiger partial charge in [-0.1, -0.05) is 54.6 Å². The number of nitrogens with zero attached hydrogens (tertiary/aromatic N) is 4.